The minimum absolute atomic E-state index is 0.00533. The molecule has 0 spiro atoms. The summed E-state index contributed by atoms with van der Waals surface area (Å²) in [5, 5.41) is 2.34. The Kier molecular flexibility index (Phi) is 8.45. The molecule has 0 radical (unpaired) electrons. The molecule has 8 heteroatoms. The van der Waals surface area contributed by atoms with Crippen molar-refractivity contribution in [1.82, 2.24) is 9.55 Å². The number of rotatable bonds is 8. The first-order valence-electron chi connectivity index (χ1n) is 13.6. The molecule has 3 atom stereocenters. The molecule has 40 heavy (non-hydrogen) atoms. The van der Waals surface area contributed by atoms with Crippen LogP contribution in [0, 0.1) is 12.8 Å². The van der Waals surface area contributed by atoms with Crippen LogP contribution >= 0.6 is 0 Å². The topological polar surface area (TPSA) is 73.3 Å². The van der Waals surface area contributed by atoms with E-state index in [1.165, 1.54) is 14.8 Å². The van der Waals surface area contributed by atoms with E-state index in [-0.39, 0.29) is 36.3 Å². The van der Waals surface area contributed by atoms with Crippen LogP contribution < -0.4 is 26.1 Å². The first-order chi connectivity index (χ1) is 19.2. The summed E-state index contributed by atoms with van der Waals surface area (Å²) in [6, 6.07) is 31.7. The van der Waals surface area contributed by atoms with Gasteiger partial charge in [0.15, 0.2) is 0 Å². The monoisotopic (exact) mass is 620 g/mol. The number of hydrogen-bond donors (Lipinski definition) is 1. The number of aromatic nitrogens is 2. The molecule has 1 N–H and O–H groups in total. The molecule has 0 aliphatic carbocycles. The van der Waals surface area contributed by atoms with Crippen molar-refractivity contribution in [3.63, 3.8) is 0 Å². The van der Waals surface area contributed by atoms with E-state index in [0.29, 0.717) is 18.8 Å². The van der Waals surface area contributed by atoms with Gasteiger partial charge < -0.3 is 0 Å². The van der Waals surface area contributed by atoms with Gasteiger partial charge in [-0.1, -0.05) is 0 Å². The zero-order valence-electron chi connectivity index (χ0n) is 23.4. The number of nitrogens with one attached hydrogen (secondary N) is 1. The van der Waals surface area contributed by atoms with Gasteiger partial charge in [-0.25, -0.2) is 0 Å². The fraction of sp³-hybridized carbons (Fsp3) is 0.312. The molecule has 1 fully saturated rings. The Bertz CT molecular complexity index is 1500. The van der Waals surface area contributed by atoms with Gasteiger partial charge in [-0.2, -0.15) is 0 Å². The summed E-state index contributed by atoms with van der Waals surface area (Å²) in [6.45, 7) is 9.54. The molecule has 1 aliphatic rings. The Hall–Kier alpha value is -3.00. The van der Waals surface area contributed by atoms with Gasteiger partial charge in [0.05, 0.1) is 0 Å². The molecule has 6 nitrogen and oxygen atoms in total. The van der Waals surface area contributed by atoms with Crippen LogP contribution in [0.5, 0.6) is 0 Å². The SMILES string of the molecule is Cc1cn(C2OC[C@@H](CO[Si](c3ccccc3)(c3ccccc3)C(C)(C)C)[C@@H]2[Se]c2ccccc2)c(=O)[nH]c1=O. The fourth-order valence-electron chi connectivity index (χ4n) is 5.61. The number of aryl methyl sites for hydroxylation is 1. The van der Waals surface area contributed by atoms with Crippen molar-refractivity contribution >= 4 is 38.1 Å². The molecule has 2 heterocycles. The summed E-state index contributed by atoms with van der Waals surface area (Å²) in [5.41, 5.74) is -0.319. The van der Waals surface area contributed by atoms with Gasteiger partial charge in [0.25, 0.3) is 0 Å². The zero-order valence-corrected chi connectivity index (χ0v) is 26.1. The molecule has 208 valence electrons. The van der Waals surface area contributed by atoms with Gasteiger partial charge >= 0.3 is 243 Å². The Morgan fingerprint density at radius 3 is 2.02 bits per heavy atom. The summed E-state index contributed by atoms with van der Waals surface area (Å²) in [4.78, 5) is 27.5. The average molecular weight is 620 g/mol. The second-order valence-electron chi connectivity index (χ2n) is 11.3. The number of aromatic amines is 1. The number of benzene rings is 3. The third kappa shape index (κ3) is 5.60. The molecule has 1 saturated heterocycles. The van der Waals surface area contributed by atoms with Crippen molar-refractivity contribution in [3.05, 3.63) is 124 Å². The van der Waals surface area contributed by atoms with E-state index in [2.05, 4.69) is 86.4 Å². The molecule has 5 rings (SSSR count). The van der Waals surface area contributed by atoms with Crippen molar-refractivity contribution in [2.75, 3.05) is 13.2 Å². The van der Waals surface area contributed by atoms with Crippen LogP contribution in [0.2, 0.25) is 9.85 Å². The molecule has 3 aromatic carbocycles. The van der Waals surface area contributed by atoms with Crippen molar-refractivity contribution < 1.29 is 9.16 Å². The van der Waals surface area contributed by atoms with Crippen LogP contribution in [0.15, 0.2) is 107 Å². The normalized spacial score (nSPS) is 19.6. The standard InChI is InChI=1S/C32H36N2O4SeSi/c1-23-20-34(31(36)33-29(23)35)30-28(39-25-14-8-5-9-15-25)24(21-37-30)22-38-40(32(2,3)4,26-16-10-6-11-17-26)27-18-12-7-13-19-27/h5-20,24,28,30H,21-22H2,1-4H3,(H,33,35,36)/t24-,28-,30?/m0/s1. The van der Waals surface area contributed by atoms with Crippen molar-refractivity contribution in [2.24, 2.45) is 5.92 Å². The number of ether oxygens (including phenoxy) is 1. The number of H-pyrrole nitrogens is 1. The molecule has 0 saturated carbocycles. The van der Waals surface area contributed by atoms with Gasteiger partial charge in [0.2, 0.25) is 0 Å². The predicted octanol–water partition coefficient (Wildman–Crippen LogP) is 3.38. The molecule has 1 aliphatic heterocycles. The Morgan fingerprint density at radius 2 is 1.48 bits per heavy atom. The molecular formula is C32H36N2O4SeSi. The second-order valence-corrected chi connectivity index (χ2v) is 18.3. The third-order valence-corrected chi connectivity index (χ3v) is 15.6. The Morgan fingerprint density at radius 1 is 0.925 bits per heavy atom. The predicted molar refractivity (Wildman–Crippen MR) is 164 cm³/mol. The average Bonchev–Trinajstić information content (AvgIpc) is 3.34. The molecular weight excluding hydrogens is 583 g/mol. The van der Waals surface area contributed by atoms with Crippen molar-refractivity contribution in [2.45, 2.75) is 43.8 Å². The Balaban J connectivity index is 1.54. The minimum atomic E-state index is -2.73. The first-order valence-corrected chi connectivity index (χ1v) is 17.4. The molecule has 0 bridgehead atoms. The van der Waals surface area contributed by atoms with Gasteiger partial charge in [-0.15, -0.1) is 0 Å². The molecule has 1 aromatic heterocycles. The number of nitrogens with zero attached hydrogens (tertiary/aromatic N) is 1. The van der Waals surface area contributed by atoms with E-state index in [0.717, 1.165) is 0 Å². The second kappa shape index (κ2) is 11.8. The van der Waals surface area contributed by atoms with E-state index in [1.807, 2.05) is 30.3 Å². The summed E-state index contributed by atoms with van der Waals surface area (Å²) in [6.07, 6.45) is 1.15. The van der Waals surface area contributed by atoms with Crippen LogP contribution in [0.1, 0.15) is 32.6 Å². The third-order valence-electron chi connectivity index (χ3n) is 7.59. The van der Waals surface area contributed by atoms with E-state index in [4.69, 9.17) is 9.16 Å². The molecule has 1 unspecified atom stereocenters. The first kappa shape index (κ1) is 28.5. The maximum absolute atomic E-state index is 12.9. The summed E-state index contributed by atoms with van der Waals surface area (Å²) in [7, 11) is -2.73. The Labute approximate surface area is 242 Å². The summed E-state index contributed by atoms with van der Waals surface area (Å²) in [5.74, 6) is 0.0750. The quantitative estimate of drug-likeness (QED) is 0.307. The van der Waals surface area contributed by atoms with Crippen molar-refractivity contribution in [3.8, 4) is 0 Å². The zero-order chi connectivity index (χ0) is 28.3. The maximum atomic E-state index is 12.9. The van der Waals surface area contributed by atoms with Crippen LogP contribution in [-0.2, 0) is 9.16 Å². The summed E-state index contributed by atoms with van der Waals surface area (Å²) < 4.78 is 16.5. The van der Waals surface area contributed by atoms with Crippen LogP contribution in [0.3, 0.4) is 0 Å². The van der Waals surface area contributed by atoms with E-state index < -0.39 is 20.2 Å². The number of hydrogen-bond acceptors (Lipinski definition) is 4. The fourth-order valence-corrected chi connectivity index (χ4v) is 13.0. The molecule has 4 aromatic rings. The van der Waals surface area contributed by atoms with E-state index >= 15 is 0 Å². The van der Waals surface area contributed by atoms with Crippen LogP contribution in [-0.4, -0.2) is 46.0 Å². The van der Waals surface area contributed by atoms with Crippen LogP contribution in [0.4, 0.5) is 0 Å². The molecule has 0 amide bonds. The van der Waals surface area contributed by atoms with Gasteiger partial charge in [0.1, 0.15) is 0 Å². The van der Waals surface area contributed by atoms with E-state index in [1.54, 1.807) is 17.7 Å². The van der Waals surface area contributed by atoms with Crippen LogP contribution in [0.25, 0.3) is 0 Å². The van der Waals surface area contributed by atoms with Gasteiger partial charge in [-0.3, -0.25) is 0 Å². The van der Waals surface area contributed by atoms with Gasteiger partial charge in [-0.05, 0) is 0 Å². The summed E-state index contributed by atoms with van der Waals surface area (Å²) >= 11 is 0.00533. The van der Waals surface area contributed by atoms with Gasteiger partial charge in [0, 0.05) is 0 Å². The van der Waals surface area contributed by atoms with Crippen molar-refractivity contribution in [1.29, 1.82) is 0 Å². The van der Waals surface area contributed by atoms with E-state index in [9.17, 15) is 9.59 Å².